The summed E-state index contributed by atoms with van der Waals surface area (Å²) in [5, 5.41) is 19.6. The van der Waals surface area contributed by atoms with Crippen LogP contribution in [0, 0.1) is 0 Å². The quantitative estimate of drug-likeness (QED) is 0.545. The number of benzene rings is 1. The van der Waals surface area contributed by atoms with Gasteiger partial charge >= 0.3 is 0 Å². The molecule has 3 aromatic rings. The summed E-state index contributed by atoms with van der Waals surface area (Å²) in [6, 6.07) is 3.59. The number of anilines is 1. The lowest BCUT2D eigenvalue weighted by atomic mass is 10.1. The minimum atomic E-state index is -0.195. The van der Waals surface area contributed by atoms with Crippen LogP contribution in [0.1, 0.15) is 0 Å². The van der Waals surface area contributed by atoms with Crippen LogP contribution in [0.3, 0.4) is 0 Å². The molecule has 0 bridgehead atoms. The van der Waals surface area contributed by atoms with E-state index >= 15 is 0 Å². The third-order valence-corrected chi connectivity index (χ3v) is 5.32. The summed E-state index contributed by atoms with van der Waals surface area (Å²) < 4.78 is 17.9. The van der Waals surface area contributed by atoms with Gasteiger partial charge in [-0.2, -0.15) is 0 Å². The van der Waals surface area contributed by atoms with E-state index in [1.807, 2.05) is 7.05 Å². The Morgan fingerprint density at radius 2 is 1.86 bits per heavy atom. The average Bonchev–Trinajstić information content (AvgIpc) is 3.34. The lowest BCUT2D eigenvalue weighted by molar-refractivity contribution is -0.113. The smallest absolute Gasteiger partial charge is 0.236 e. The highest BCUT2D eigenvalue weighted by atomic mass is 32.2. The minimum absolute atomic E-state index is 0.167. The Morgan fingerprint density at radius 3 is 2.43 bits per heavy atom. The number of nitrogens with one attached hydrogen (secondary N) is 1. The molecule has 1 amide bonds. The molecule has 12 heteroatoms. The summed E-state index contributed by atoms with van der Waals surface area (Å²) in [5.74, 6) is 2.11. The highest BCUT2D eigenvalue weighted by molar-refractivity contribution is 7.99. The predicted octanol–water partition coefficient (Wildman–Crippen LogP) is 2.09. The molecule has 2 heterocycles. The molecule has 0 spiro atoms. The minimum Gasteiger partial charge on any atom is -0.493 e. The Hall–Kier alpha value is -2.86. The first-order chi connectivity index (χ1) is 13.6. The fourth-order valence-electron chi connectivity index (χ4n) is 2.42. The van der Waals surface area contributed by atoms with Crippen molar-refractivity contribution in [1.82, 2.24) is 25.0 Å². The van der Waals surface area contributed by atoms with Crippen LogP contribution in [0.15, 0.2) is 22.8 Å². The van der Waals surface area contributed by atoms with Gasteiger partial charge in [-0.15, -0.1) is 20.4 Å². The third-order valence-electron chi connectivity index (χ3n) is 3.70. The highest BCUT2D eigenvalue weighted by Crippen LogP contribution is 2.41. The number of ether oxygens (including phenoxy) is 3. The maximum atomic E-state index is 12.0. The number of methoxy groups -OCH3 is 3. The molecule has 0 atom stereocenters. The molecule has 0 aliphatic rings. The number of rotatable bonds is 8. The second-order valence-corrected chi connectivity index (χ2v) is 7.14. The van der Waals surface area contributed by atoms with E-state index in [0.29, 0.717) is 33.4 Å². The summed E-state index contributed by atoms with van der Waals surface area (Å²) >= 11 is 2.52. The molecule has 0 aliphatic carbocycles. The number of carbonyl (C=O) groups is 1. The number of carbonyl (C=O) groups excluding carboxylic acids is 1. The van der Waals surface area contributed by atoms with Crippen LogP contribution < -0.4 is 19.5 Å². The van der Waals surface area contributed by atoms with E-state index in [1.165, 1.54) is 23.1 Å². The zero-order chi connectivity index (χ0) is 20.1. The van der Waals surface area contributed by atoms with Crippen molar-refractivity contribution in [2.24, 2.45) is 7.05 Å². The van der Waals surface area contributed by atoms with Gasteiger partial charge in [0.05, 0.1) is 27.1 Å². The second kappa shape index (κ2) is 8.89. The summed E-state index contributed by atoms with van der Waals surface area (Å²) in [6.45, 7) is 0. The Labute approximate surface area is 169 Å². The molecule has 0 aliphatic heterocycles. The first kappa shape index (κ1) is 19.9. The van der Waals surface area contributed by atoms with Crippen molar-refractivity contribution in [1.29, 1.82) is 0 Å². The highest BCUT2D eigenvalue weighted by Gasteiger charge is 2.19. The molecule has 1 aromatic carbocycles. The summed E-state index contributed by atoms with van der Waals surface area (Å²) in [7, 11) is 6.47. The van der Waals surface area contributed by atoms with Crippen molar-refractivity contribution in [2.45, 2.75) is 5.16 Å². The second-order valence-electron chi connectivity index (χ2n) is 5.36. The molecule has 10 nitrogen and oxygen atoms in total. The van der Waals surface area contributed by atoms with Crippen LogP contribution in [0.2, 0.25) is 0 Å². The van der Waals surface area contributed by atoms with Crippen molar-refractivity contribution in [2.75, 3.05) is 32.4 Å². The van der Waals surface area contributed by atoms with Crippen LogP contribution >= 0.6 is 23.1 Å². The van der Waals surface area contributed by atoms with Gasteiger partial charge in [0.1, 0.15) is 5.51 Å². The number of thioether (sulfide) groups is 1. The number of aromatic nitrogens is 5. The zero-order valence-electron chi connectivity index (χ0n) is 15.6. The third kappa shape index (κ3) is 4.17. The van der Waals surface area contributed by atoms with Crippen molar-refractivity contribution in [3.05, 3.63) is 17.6 Å². The van der Waals surface area contributed by atoms with Crippen LogP contribution in [0.25, 0.3) is 11.4 Å². The van der Waals surface area contributed by atoms with Gasteiger partial charge in [-0.1, -0.05) is 23.1 Å². The number of hydrogen-bond acceptors (Lipinski definition) is 10. The molecule has 0 saturated heterocycles. The van der Waals surface area contributed by atoms with Crippen LogP contribution in [-0.2, 0) is 11.8 Å². The van der Waals surface area contributed by atoms with Crippen LogP contribution in [0.4, 0.5) is 5.13 Å². The zero-order valence-corrected chi connectivity index (χ0v) is 17.3. The van der Waals surface area contributed by atoms with Crippen LogP contribution in [-0.4, -0.2) is 58.0 Å². The molecule has 0 saturated carbocycles. The van der Waals surface area contributed by atoms with E-state index in [1.54, 1.807) is 43.5 Å². The van der Waals surface area contributed by atoms with Gasteiger partial charge in [0.25, 0.3) is 0 Å². The van der Waals surface area contributed by atoms with Gasteiger partial charge < -0.3 is 18.8 Å². The Balaban J connectivity index is 1.78. The molecular formula is C16H18N6O4S2. The Morgan fingerprint density at radius 1 is 1.14 bits per heavy atom. The first-order valence-electron chi connectivity index (χ1n) is 7.96. The maximum Gasteiger partial charge on any atom is 0.236 e. The molecule has 0 unspecified atom stereocenters. The van der Waals surface area contributed by atoms with Crippen molar-refractivity contribution in [3.63, 3.8) is 0 Å². The Kier molecular flexibility index (Phi) is 6.31. The van der Waals surface area contributed by atoms with E-state index in [2.05, 4.69) is 25.7 Å². The fraction of sp³-hybridized carbons (Fsp3) is 0.312. The number of hydrogen-bond donors (Lipinski definition) is 1. The van der Waals surface area contributed by atoms with Crippen molar-refractivity contribution < 1.29 is 19.0 Å². The molecule has 1 N–H and O–H groups in total. The van der Waals surface area contributed by atoms with E-state index in [0.717, 1.165) is 5.56 Å². The van der Waals surface area contributed by atoms with Gasteiger partial charge in [0, 0.05) is 12.6 Å². The summed E-state index contributed by atoms with van der Waals surface area (Å²) in [5.41, 5.74) is 2.30. The van der Waals surface area contributed by atoms with Crippen molar-refractivity contribution in [3.8, 4) is 28.6 Å². The molecule has 148 valence electrons. The maximum absolute atomic E-state index is 12.0. The van der Waals surface area contributed by atoms with Crippen molar-refractivity contribution >= 4 is 34.1 Å². The van der Waals surface area contributed by atoms with E-state index < -0.39 is 0 Å². The van der Waals surface area contributed by atoms with Gasteiger partial charge in [0.15, 0.2) is 22.5 Å². The topological polar surface area (TPSA) is 113 Å². The summed E-state index contributed by atoms with van der Waals surface area (Å²) in [4.78, 5) is 12.0. The largest absolute Gasteiger partial charge is 0.493 e. The fourth-order valence-corrected chi connectivity index (χ4v) is 3.59. The normalized spacial score (nSPS) is 10.6. The van der Waals surface area contributed by atoms with Gasteiger partial charge in [0.2, 0.25) is 16.8 Å². The molecule has 2 aromatic heterocycles. The molecule has 0 radical (unpaired) electrons. The lowest BCUT2D eigenvalue weighted by Gasteiger charge is -2.13. The van der Waals surface area contributed by atoms with Gasteiger partial charge in [-0.3, -0.25) is 10.1 Å². The van der Waals surface area contributed by atoms with E-state index in [9.17, 15) is 4.79 Å². The lowest BCUT2D eigenvalue weighted by Crippen LogP contribution is -2.14. The van der Waals surface area contributed by atoms with Gasteiger partial charge in [-0.25, -0.2) is 0 Å². The number of nitrogens with zero attached hydrogens (tertiary/aromatic N) is 5. The van der Waals surface area contributed by atoms with Crippen LogP contribution in [0.5, 0.6) is 17.2 Å². The SMILES string of the molecule is COc1cc(-c2nnc(SCC(=O)Nc3nncs3)n2C)cc(OC)c1OC. The predicted molar refractivity (Wildman–Crippen MR) is 105 cm³/mol. The summed E-state index contributed by atoms with van der Waals surface area (Å²) in [6.07, 6.45) is 0. The Bertz CT molecular complexity index is 935. The van der Waals surface area contributed by atoms with E-state index in [4.69, 9.17) is 14.2 Å². The molecule has 28 heavy (non-hydrogen) atoms. The molecule has 0 fully saturated rings. The van der Waals surface area contributed by atoms with E-state index in [-0.39, 0.29) is 11.7 Å². The first-order valence-corrected chi connectivity index (χ1v) is 9.82. The van der Waals surface area contributed by atoms with Gasteiger partial charge in [-0.05, 0) is 12.1 Å². The molecule has 3 rings (SSSR count). The number of amides is 1. The molecular weight excluding hydrogens is 404 g/mol. The standard InChI is InChI=1S/C16H18N6O4S2/c1-22-14(9-5-10(24-2)13(26-4)11(6-9)25-3)19-21-16(22)27-7-12(23)18-15-20-17-8-28-15/h5-6,8H,7H2,1-4H3,(H,18,20,23). The average molecular weight is 422 g/mol. The monoisotopic (exact) mass is 422 g/mol.